The first-order valence-electron chi connectivity index (χ1n) is 7.18. The number of anilines is 1. The molecule has 2 heterocycles. The highest BCUT2D eigenvalue weighted by Crippen LogP contribution is 2.28. The molecule has 7 heteroatoms. The van der Waals surface area contributed by atoms with Gasteiger partial charge in [-0.1, -0.05) is 18.2 Å². The predicted molar refractivity (Wildman–Crippen MR) is 91.0 cm³/mol. The minimum absolute atomic E-state index is 0.137. The lowest BCUT2D eigenvalue weighted by Gasteiger charge is -2.06. The smallest absolute Gasteiger partial charge is 0.335 e. The van der Waals surface area contributed by atoms with Crippen molar-refractivity contribution in [2.45, 2.75) is 0 Å². The summed E-state index contributed by atoms with van der Waals surface area (Å²) in [6.07, 6.45) is 0. The Kier molecular flexibility index (Phi) is 2.89. The third-order valence-electron chi connectivity index (χ3n) is 3.93. The minimum atomic E-state index is -1.03. The van der Waals surface area contributed by atoms with E-state index >= 15 is 0 Å². The highest BCUT2D eigenvalue weighted by atomic mass is 16.4. The topological polar surface area (TPSA) is 125 Å². The fourth-order valence-electron chi connectivity index (χ4n) is 2.76. The number of aromatic carboxylic acids is 1. The van der Waals surface area contributed by atoms with Crippen LogP contribution in [0.25, 0.3) is 33.3 Å². The molecule has 0 aliphatic rings. The second-order valence-electron chi connectivity index (χ2n) is 5.41. The number of para-hydroxylation sites is 1. The van der Waals surface area contributed by atoms with Crippen molar-refractivity contribution in [1.82, 2.24) is 15.0 Å². The SMILES string of the molecule is Nc1c(-c2nc3ccc(C(=O)O)cc3[nH]2)c(=O)[nH]c2ccccc12. The number of carboxylic acids is 1. The number of carboxylic acid groups (broad SMARTS) is 1. The largest absolute Gasteiger partial charge is 0.478 e. The summed E-state index contributed by atoms with van der Waals surface area (Å²) in [5, 5.41) is 9.79. The van der Waals surface area contributed by atoms with Crippen LogP contribution in [-0.2, 0) is 0 Å². The predicted octanol–water partition coefficient (Wildman–Crippen LogP) is 2.35. The zero-order valence-electron chi connectivity index (χ0n) is 12.3. The van der Waals surface area contributed by atoms with Crippen LogP contribution in [0.3, 0.4) is 0 Å². The van der Waals surface area contributed by atoms with Gasteiger partial charge in [0.25, 0.3) is 5.56 Å². The molecular weight excluding hydrogens is 308 g/mol. The lowest BCUT2D eigenvalue weighted by Crippen LogP contribution is -2.13. The van der Waals surface area contributed by atoms with Crippen LogP contribution in [0.15, 0.2) is 47.3 Å². The molecule has 0 atom stereocenters. The first-order valence-corrected chi connectivity index (χ1v) is 7.18. The molecule has 5 N–H and O–H groups in total. The van der Waals surface area contributed by atoms with Crippen molar-refractivity contribution in [2.24, 2.45) is 0 Å². The summed E-state index contributed by atoms with van der Waals surface area (Å²) in [4.78, 5) is 33.6. The fourth-order valence-corrected chi connectivity index (χ4v) is 2.76. The van der Waals surface area contributed by atoms with E-state index in [4.69, 9.17) is 10.8 Å². The number of nitrogens with two attached hydrogens (primary N) is 1. The van der Waals surface area contributed by atoms with Gasteiger partial charge in [0.05, 0.1) is 27.8 Å². The number of rotatable bonds is 2. The van der Waals surface area contributed by atoms with E-state index in [1.54, 1.807) is 12.1 Å². The van der Waals surface area contributed by atoms with E-state index in [9.17, 15) is 9.59 Å². The summed E-state index contributed by atoms with van der Waals surface area (Å²) in [6, 6.07) is 11.8. The zero-order valence-corrected chi connectivity index (χ0v) is 12.3. The van der Waals surface area contributed by atoms with Crippen LogP contribution in [0.1, 0.15) is 10.4 Å². The van der Waals surface area contributed by atoms with E-state index in [0.717, 1.165) is 5.39 Å². The molecule has 0 radical (unpaired) electrons. The van der Waals surface area contributed by atoms with Crippen LogP contribution in [0, 0.1) is 0 Å². The van der Waals surface area contributed by atoms with E-state index in [1.807, 2.05) is 18.2 Å². The van der Waals surface area contributed by atoms with Gasteiger partial charge < -0.3 is 20.8 Å². The Morgan fingerprint density at radius 1 is 1.08 bits per heavy atom. The Balaban J connectivity index is 1.99. The second-order valence-corrected chi connectivity index (χ2v) is 5.41. The van der Waals surface area contributed by atoms with E-state index < -0.39 is 5.97 Å². The van der Waals surface area contributed by atoms with Gasteiger partial charge in [0.1, 0.15) is 11.4 Å². The molecule has 2 aromatic heterocycles. The molecular formula is C17H12N4O3. The number of H-pyrrole nitrogens is 2. The van der Waals surface area contributed by atoms with Gasteiger partial charge in [0.15, 0.2) is 0 Å². The molecule has 0 spiro atoms. The molecule has 0 aliphatic heterocycles. The van der Waals surface area contributed by atoms with Crippen LogP contribution in [0.4, 0.5) is 5.69 Å². The Bertz CT molecular complexity index is 1170. The molecule has 118 valence electrons. The number of hydrogen-bond acceptors (Lipinski definition) is 4. The summed E-state index contributed by atoms with van der Waals surface area (Å²) in [7, 11) is 0. The van der Waals surface area contributed by atoms with Crippen LogP contribution in [-0.4, -0.2) is 26.0 Å². The summed E-state index contributed by atoms with van der Waals surface area (Å²) in [5.74, 6) is -0.729. The lowest BCUT2D eigenvalue weighted by atomic mass is 10.1. The first kappa shape index (κ1) is 14.0. The Labute approximate surface area is 134 Å². The number of imidazole rings is 1. The monoisotopic (exact) mass is 320 g/mol. The van der Waals surface area contributed by atoms with Crippen LogP contribution in [0.5, 0.6) is 0 Å². The number of aromatic amines is 2. The van der Waals surface area contributed by atoms with Crippen molar-refractivity contribution >= 4 is 33.6 Å². The molecule has 0 bridgehead atoms. The summed E-state index contributed by atoms with van der Waals surface area (Å²) in [5.41, 5.74) is 8.25. The molecule has 7 nitrogen and oxygen atoms in total. The average molecular weight is 320 g/mol. The molecule has 0 saturated heterocycles. The first-order chi connectivity index (χ1) is 11.5. The number of pyridine rings is 1. The number of benzene rings is 2. The van der Waals surface area contributed by atoms with Crippen LogP contribution >= 0.6 is 0 Å². The normalized spacial score (nSPS) is 11.2. The molecule has 0 amide bonds. The number of nitrogen functional groups attached to an aromatic ring is 1. The Hall–Kier alpha value is -3.61. The van der Waals surface area contributed by atoms with Crippen molar-refractivity contribution in [3.63, 3.8) is 0 Å². The summed E-state index contributed by atoms with van der Waals surface area (Å²) < 4.78 is 0. The number of carbonyl (C=O) groups is 1. The minimum Gasteiger partial charge on any atom is -0.478 e. The number of fused-ring (bicyclic) bond motifs is 2. The number of nitrogens with one attached hydrogen (secondary N) is 2. The summed E-state index contributed by atoms with van der Waals surface area (Å²) in [6.45, 7) is 0. The van der Waals surface area contributed by atoms with Gasteiger partial charge in [-0.25, -0.2) is 9.78 Å². The Morgan fingerprint density at radius 2 is 1.88 bits per heavy atom. The number of nitrogens with zero attached hydrogens (tertiary/aromatic N) is 1. The highest BCUT2D eigenvalue weighted by Gasteiger charge is 2.16. The Morgan fingerprint density at radius 3 is 2.67 bits per heavy atom. The van der Waals surface area contributed by atoms with Crippen molar-refractivity contribution < 1.29 is 9.90 Å². The highest BCUT2D eigenvalue weighted by molar-refractivity contribution is 5.98. The van der Waals surface area contributed by atoms with Gasteiger partial charge in [-0.2, -0.15) is 0 Å². The van der Waals surface area contributed by atoms with E-state index in [-0.39, 0.29) is 16.7 Å². The maximum absolute atomic E-state index is 12.4. The second kappa shape index (κ2) is 4.95. The van der Waals surface area contributed by atoms with E-state index in [2.05, 4.69) is 15.0 Å². The fraction of sp³-hybridized carbons (Fsp3) is 0. The number of aromatic nitrogens is 3. The maximum Gasteiger partial charge on any atom is 0.335 e. The van der Waals surface area contributed by atoms with E-state index in [1.165, 1.54) is 12.1 Å². The van der Waals surface area contributed by atoms with Gasteiger partial charge in [-0.3, -0.25) is 4.79 Å². The maximum atomic E-state index is 12.4. The third kappa shape index (κ3) is 2.03. The molecule has 2 aromatic carbocycles. The van der Waals surface area contributed by atoms with Crippen molar-refractivity contribution in [2.75, 3.05) is 5.73 Å². The van der Waals surface area contributed by atoms with Gasteiger partial charge >= 0.3 is 5.97 Å². The number of hydrogen-bond donors (Lipinski definition) is 4. The van der Waals surface area contributed by atoms with Gasteiger partial charge in [-0.15, -0.1) is 0 Å². The third-order valence-corrected chi connectivity index (χ3v) is 3.93. The van der Waals surface area contributed by atoms with Crippen molar-refractivity contribution in [3.05, 3.63) is 58.4 Å². The van der Waals surface area contributed by atoms with Gasteiger partial charge in [0.2, 0.25) is 0 Å². The van der Waals surface area contributed by atoms with Gasteiger partial charge in [0, 0.05) is 5.39 Å². The molecule has 4 aromatic rings. The van der Waals surface area contributed by atoms with Crippen molar-refractivity contribution in [1.29, 1.82) is 0 Å². The molecule has 0 saturated carbocycles. The van der Waals surface area contributed by atoms with Crippen molar-refractivity contribution in [3.8, 4) is 11.4 Å². The standard InChI is InChI=1S/C17H12N4O3/c18-14-9-3-1-2-4-10(9)21-16(22)13(14)15-19-11-6-5-8(17(23)24)7-12(11)20-15/h1-7H,(H,19,20)(H,23,24)(H3,18,21,22). The lowest BCUT2D eigenvalue weighted by molar-refractivity contribution is 0.0697. The van der Waals surface area contributed by atoms with E-state index in [0.29, 0.717) is 28.1 Å². The summed E-state index contributed by atoms with van der Waals surface area (Å²) >= 11 is 0. The zero-order chi connectivity index (χ0) is 16.8. The van der Waals surface area contributed by atoms with Crippen LogP contribution < -0.4 is 11.3 Å². The van der Waals surface area contributed by atoms with Crippen LogP contribution in [0.2, 0.25) is 0 Å². The molecule has 0 fully saturated rings. The average Bonchev–Trinajstić information content (AvgIpc) is 2.97. The van der Waals surface area contributed by atoms with Gasteiger partial charge in [-0.05, 0) is 24.3 Å². The molecule has 24 heavy (non-hydrogen) atoms. The molecule has 4 rings (SSSR count). The molecule has 0 unspecified atom stereocenters. The molecule has 0 aliphatic carbocycles. The quantitative estimate of drug-likeness (QED) is 0.451.